The van der Waals surface area contributed by atoms with E-state index in [2.05, 4.69) is 27.4 Å². The number of rotatable bonds is 7. The molecule has 0 amide bonds. The molecule has 1 aliphatic heterocycles. The first-order valence-corrected chi connectivity index (χ1v) is 9.34. The van der Waals surface area contributed by atoms with Crippen LogP contribution in [0, 0.1) is 0 Å². The minimum Gasteiger partial charge on any atom is -0.508 e. The standard InChI is InChI=1S/C20H28N4O2/c1-2-21-20(22-14-16-7-9-17(25)10-8-16)23-15-18(19-6-5-13-26-19)24-11-3-4-12-24/h5-10,13,18,25H,2-4,11-12,14-15H2,1H3,(H2,21,22,23). The van der Waals surface area contributed by atoms with Crippen LogP contribution in [-0.2, 0) is 6.54 Å². The van der Waals surface area contributed by atoms with Gasteiger partial charge in [0.05, 0.1) is 18.8 Å². The second-order valence-electron chi connectivity index (χ2n) is 6.52. The summed E-state index contributed by atoms with van der Waals surface area (Å²) in [5, 5.41) is 16.1. The fraction of sp³-hybridized carbons (Fsp3) is 0.450. The molecule has 3 N–H and O–H groups in total. The summed E-state index contributed by atoms with van der Waals surface area (Å²) in [6.45, 7) is 6.38. The molecule has 140 valence electrons. The van der Waals surface area contributed by atoms with Crippen molar-refractivity contribution in [3.63, 3.8) is 0 Å². The van der Waals surface area contributed by atoms with Crippen LogP contribution in [0.1, 0.15) is 37.1 Å². The summed E-state index contributed by atoms with van der Waals surface area (Å²) >= 11 is 0. The molecule has 1 atom stereocenters. The predicted molar refractivity (Wildman–Crippen MR) is 103 cm³/mol. The van der Waals surface area contributed by atoms with Crippen molar-refractivity contribution >= 4 is 5.96 Å². The molecule has 1 aromatic heterocycles. The van der Waals surface area contributed by atoms with Gasteiger partial charge in [0.2, 0.25) is 0 Å². The van der Waals surface area contributed by atoms with E-state index >= 15 is 0 Å². The molecule has 1 unspecified atom stereocenters. The Morgan fingerprint density at radius 1 is 1.19 bits per heavy atom. The summed E-state index contributed by atoms with van der Waals surface area (Å²) in [5.74, 6) is 2.06. The van der Waals surface area contributed by atoms with Gasteiger partial charge in [0.25, 0.3) is 0 Å². The highest BCUT2D eigenvalue weighted by Gasteiger charge is 2.25. The van der Waals surface area contributed by atoms with E-state index < -0.39 is 0 Å². The molecule has 1 fully saturated rings. The van der Waals surface area contributed by atoms with Crippen molar-refractivity contribution in [3.8, 4) is 5.75 Å². The van der Waals surface area contributed by atoms with Crippen LogP contribution < -0.4 is 10.6 Å². The Labute approximate surface area is 154 Å². The molecule has 2 aromatic rings. The Balaban J connectivity index is 1.63. The molecule has 0 bridgehead atoms. The summed E-state index contributed by atoms with van der Waals surface area (Å²) in [7, 11) is 0. The van der Waals surface area contributed by atoms with E-state index in [0.29, 0.717) is 6.54 Å². The lowest BCUT2D eigenvalue weighted by atomic mass is 10.2. The number of hydrogen-bond acceptors (Lipinski definition) is 4. The Bertz CT molecular complexity index is 676. The van der Waals surface area contributed by atoms with Crippen LogP contribution in [0.5, 0.6) is 5.75 Å². The largest absolute Gasteiger partial charge is 0.508 e. The highest BCUT2D eigenvalue weighted by atomic mass is 16.3. The molecule has 26 heavy (non-hydrogen) atoms. The smallest absolute Gasteiger partial charge is 0.191 e. The molecule has 0 aliphatic carbocycles. The van der Waals surface area contributed by atoms with Gasteiger partial charge in [0.1, 0.15) is 11.5 Å². The van der Waals surface area contributed by atoms with Gasteiger partial charge in [-0.2, -0.15) is 0 Å². The predicted octanol–water partition coefficient (Wildman–Crippen LogP) is 2.88. The van der Waals surface area contributed by atoms with Crippen LogP contribution in [0.15, 0.2) is 52.1 Å². The summed E-state index contributed by atoms with van der Waals surface area (Å²) in [6.07, 6.45) is 4.22. The Morgan fingerprint density at radius 2 is 1.96 bits per heavy atom. The first-order valence-electron chi connectivity index (χ1n) is 9.34. The topological polar surface area (TPSA) is 73.0 Å². The second-order valence-corrected chi connectivity index (χ2v) is 6.52. The summed E-state index contributed by atoms with van der Waals surface area (Å²) in [6, 6.07) is 11.4. The number of nitrogens with zero attached hydrogens (tertiary/aromatic N) is 2. The van der Waals surface area contributed by atoms with E-state index in [4.69, 9.17) is 4.42 Å². The molecule has 3 rings (SSSR count). The molecule has 6 heteroatoms. The number of aromatic hydroxyl groups is 1. The molecule has 0 saturated carbocycles. The minimum absolute atomic E-state index is 0.213. The number of nitrogens with one attached hydrogen (secondary N) is 2. The number of phenols is 1. The maximum Gasteiger partial charge on any atom is 0.191 e. The summed E-state index contributed by atoms with van der Waals surface area (Å²) in [5.41, 5.74) is 1.06. The maximum atomic E-state index is 9.38. The third kappa shape index (κ3) is 5.02. The van der Waals surface area contributed by atoms with Crippen molar-refractivity contribution in [2.45, 2.75) is 32.4 Å². The average Bonchev–Trinajstić information content (AvgIpc) is 3.35. The Morgan fingerprint density at radius 3 is 2.62 bits per heavy atom. The van der Waals surface area contributed by atoms with Crippen LogP contribution in [-0.4, -0.2) is 42.1 Å². The van der Waals surface area contributed by atoms with E-state index in [1.165, 1.54) is 12.8 Å². The van der Waals surface area contributed by atoms with Gasteiger partial charge in [-0.05, 0) is 62.7 Å². The first-order chi connectivity index (χ1) is 12.8. The van der Waals surface area contributed by atoms with Crippen LogP contribution >= 0.6 is 0 Å². The van der Waals surface area contributed by atoms with E-state index in [1.54, 1.807) is 18.4 Å². The lowest BCUT2D eigenvalue weighted by molar-refractivity contribution is 0.215. The van der Waals surface area contributed by atoms with Crippen LogP contribution in [0.3, 0.4) is 0 Å². The maximum absolute atomic E-state index is 9.38. The first kappa shape index (κ1) is 18.3. The second kappa shape index (κ2) is 9.29. The number of aliphatic imine (C=N–C) groups is 1. The zero-order valence-corrected chi connectivity index (χ0v) is 15.3. The minimum atomic E-state index is 0.213. The van der Waals surface area contributed by atoms with E-state index in [1.807, 2.05) is 24.3 Å². The highest BCUT2D eigenvalue weighted by molar-refractivity contribution is 5.79. The van der Waals surface area contributed by atoms with Gasteiger partial charge in [-0.25, -0.2) is 4.99 Å². The number of likely N-dealkylation sites (tertiary alicyclic amines) is 1. The monoisotopic (exact) mass is 356 g/mol. The molecule has 1 saturated heterocycles. The normalized spacial score (nSPS) is 16.6. The molecule has 0 radical (unpaired) electrons. The number of phenolic OH excluding ortho intramolecular Hbond substituents is 1. The molecular formula is C20H28N4O2. The number of furan rings is 1. The summed E-state index contributed by atoms with van der Waals surface area (Å²) in [4.78, 5) is 7.12. The Hall–Kier alpha value is -2.47. The third-order valence-corrected chi connectivity index (χ3v) is 4.62. The van der Waals surface area contributed by atoms with Gasteiger partial charge in [-0.15, -0.1) is 0 Å². The molecule has 2 heterocycles. The highest BCUT2D eigenvalue weighted by Crippen LogP contribution is 2.24. The fourth-order valence-corrected chi connectivity index (χ4v) is 3.25. The summed E-state index contributed by atoms with van der Waals surface area (Å²) < 4.78 is 5.68. The number of hydrogen-bond donors (Lipinski definition) is 3. The van der Waals surface area contributed by atoms with Gasteiger partial charge in [-0.3, -0.25) is 4.90 Å². The van der Waals surface area contributed by atoms with Crippen molar-refractivity contribution in [2.75, 3.05) is 26.2 Å². The van der Waals surface area contributed by atoms with Crippen LogP contribution in [0.2, 0.25) is 0 Å². The van der Waals surface area contributed by atoms with Gasteiger partial charge in [-0.1, -0.05) is 12.1 Å². The molecule has 1 aromatic carbocycles. The van der Waals surface area contributed by atoms with Crippen molar-refractivity contribution < 1.29 is 9.52 Å². The SMILES string of the molecule is CCNC(=NCc1ccc(O)cc1)NCC(c1ccco1)N1CCCC1. The van der Waals surface area contributed by atoms with Crippen LogP contribution in [0.4, 0.5) is 0 Å². The van der Waals surface area contributed by atoms with Crippen LogP contribution in [0.25, 0.3) is 0 Å². The van der Waals surface area contributed by atoms with Crippen molar-refractivity contribution in [1.82, 2.24) is 15.5 Å². The van der Waals surface area contributed by atoms with Crippen molar-refractivity contribution in [1.29, 1.82) is 0 Å². The molecule has 0 spiro atoms. The quantitative estimate of drug-likeness (QED) is 0.525. The zero-order valence-electron chi connectivity index (χ0n) is 15.3. The molecular weight excluding hydrogens is 328 g/mol. The Kier molecular flexibility index (Phi) is 6.55. The number of guanidine groups is 1. The van der Waals surface area contributed by atoms with Gasteiger partial charge >= 0.3 is 0 Å². The van der Waals surface area contributed by atoms with Crippen molar-refractivity contribution in [2.24, 2.45) is 4.99 Å². The lowest BCUT2D eigenvalue weighted by Gasteiger charge is -2.26. The van der Waals surface area contributed by atoms with E-state index in [9.17, 15) is 5.11 Å². The molecule has 1 aliphatic rings. The van der Waals surface area contributed by atoms with Gasteiger partial charge in [0, 0.05) is 13.1 Å². The fourth-order valence-electron chi connectivity index (χ4n) is 3.25. The average molecular weight is 356 g/mol. The number of benzene rings is 1. The zero-order chi connectivity index (χ0) is 18.2. The lowest BCUT2D eigenvalue weighted by Crippen LogP contribution is -2.42. The van der Waals surface area contributed by atoms with E-state index in [-0.39, 0.29) is 11.8 Å². The van der Waals surface area contributed by atoms with Crippen molar-refractivity contribution in [3.05, 3.63) is 54.0 Å². The molecule has 6 nitrogen and oxygen atoms in total. The van der Waals surface area contributed by atoms with Gasteiger partial charge < -0.3 is 20.2 Å². The van der Waals surface area contributed by atoms with E-state index in [0.717, 1.165) is 43.5 Å². The van der Waals surface area contributed by atoms with Gasteiger partial charge in [0.15, 0.2) is 5.96 Å². The third-order valence-electron chi connectivity index (χ3n) is 4.62.